The van der Waals surface area contributed by atoms with Crippen LogP contribution < -0.4 is 0 Å². The first-order valence-corrected chi connectivity index (χ1v) is 6.26. The fourth-order valence-corrected chi connectivity index (χ4v) is 2.85. The van der Waals surface area contributed by atoms with Crippen molar-refractivity contribution in [3.63, 3.8) is 0 Å². The molecule has 0 aromatic heterocycles. The highest BCUT2D eigenvalue weighted by atomic mass is 32.2. The van der Waals surface area contributed by atoms with E-state index in [4.69, 9.17) is 0 Å². The van der Waals surface area contributed by atoms with E-state index in [9.17, 15) is 0 Å². The molecule has 0 bridgehead atoms. The first kappa shape index (κ1) is 10.4. The van der Waals surface area contributed by atoms with Gasteiger partial charge in [-0.1, -0.05) is 33.6 Å². The molecule has 0 heterocycles. The third-order valence-electron chi connectivity index (χ3n) is 3.04. The van der Waals surface area contributed by atoms with Crippen LogP contribution in [-0.2, 0) is 0 Å². The largest absolute Gasteiger partial charge is 0.155 e. The average molecular weight is 186 g/mol. The van der Waals surface area contributed by atoms with E-state index < -0.39 is 0 Å². The Labute approximate surface area is 81.5 Å². The summed E-state index contributed by atoms with van der Waals surface area (Å²) in [5.41, 5.74) is 0. The molecule has 0 aromatic carbocycles. The maximum absolute atomic E-state index is 2.37. The van der Waals surface area contributed by atoms with Gasteiger partial charge < -0.3 is 0 Å². The standard InChI is InChI=1S/C11H22S/c1-4-11(2,3)12-9-10-7-5-6-8-10/h10H,4-9H2,1-3H3. The van der Waals surface area contributed by atoms with Gasteiger partial charge in [0.1, 0.15) is 0 Å². The molecular formula is C11H22S. The molecule has 0 unspecified atom stereocenters. The van der Waals surface area contributed by atoms with Crippen molar-refractivity contribution in [1.29, 1.82) is 0 Å². The molecule has 1 heteroatoms. The van der Waals surface area contributed by atoms with Crippen molar-refractivity contribution in [3.05, 3.63) is 0 Å². The Kier molecular flexibility index (Phi) is 3.95. The monoisotopic (exact) mass is 186 g/mol. The minimum absolute atomic E-state index is 0.516. The van der Waals surface area contributed by atoms with Gasteiger partial charge >= 0.3 is 0 Å². The van der Waals surface area contributed by atoms with Gasteiger partial charge in [-0.2, -0.15) is 11.8 Å². The molecule has 0 radical (unpaired) electrons. The minimum Gasteiger partial charge on any atom is -0.155 e. The predicted octanol–water partition coefficient (Wildman–Crippen LogP) is 4.10. The van der Waals surface area contributed by atoms with E-state index in [0.29, 0.717) is 4.75 Å². The summed E-state index contributed by atoms with van der Waals surface area (Å²) in [6.45, 7) is 7.03. The molecule has 0 aromatic rings. The van der Waals surface area contributed by atoms with Gasteiger partial charge in [0.25, 0.3) is 0 Å². The lowest BCUT2D eigenvalue weighted by Gasteiger charge is -2.23. The summed E-state index contributed by atoms with van der Waals surface area (Å²) in [5, 5.41) is 0. The molecule has 0 aliphatic heterocycles. The molecule has 1 saturated carbocycles. The molecule has 1 aliphatic rings. The highest BCUT2D eigenvalue weighted by Crippen LogP contribution is 2.34. The van der Waals surface area contributed by atoms with Gasteiger partial charge in [-0.05, 0) is 30.9 Å². The molecule has 0 saturated heterocycles. The maximum atomic E-state index is 2.37. The van der Waals surface area contributed by atoms with Gasteiger partial charge in [0.2, 0.25) is 0 Å². The third-order valence-corrected chi connectivity index (χ3v) is 4.74. The molecule has 0 atom stereocenters. The van der Waals surface area contributed by atoms with E-state index in [1.165, 1.54) is 37.9 Å². The quantitative estimate of drug-likeness (QED) is 0.637. The van der Waals surface area contributed by atoms with Gasteiger partial charge in [-0.15, -0.1) is 0 Å². The number of hydrogen-bond donors (Lipinski definition) is 0. The molecule has 0 spiro atoms. The van der Waals surface area contributed by atoms with E-state index >= 15 is 0 Å². The summed E-state index contributed by atoms with van der Waals surface area (Å²) in [5.74, 6) is 2.45. The number of rotatable bonds is 4. The number of hydrogen-bond acceptors (Lipinski definition) is 1. The number of thioether (sulfide) groups is 1. The molecule has 0 nitrogen and oxygen atoms in total. The molecule has 1 aliphatic carbocycles. The summed E-state index contributed by atoms with van der Waals surface area (Å²) >= 11 is 2.18. The normalized spacial score (nSPS) is 20.2. The predicted molar refractivity (Wildman–Crippen MR) is 58.8 cm³/mol. The topological polar surface area (TPSA) is 0 Å². The van der Waals surface area contributed by atoms with Crippen LogP contribution in [0.3, 0.4) is 0 Å². The van der Waals surface area contributed by atoms with Crippen molar-refractivity contribution in [2.75, 3.05) is 5.75 Å². The smallest absolute Gasteiger partial charge is 0.0101 e. The van der Waals surface area contributed by atoms with Crippen LogP contribution in [0.5, 0.6) is 0 Å². The second kappa shape index (κ2) is 4.55. The molecular weight excluding hydrogens is 164 g/mol. The molecule has 1 rings (SSSR count). The summed E-state index contributed by atoms with van der Waals surface area (Å²) in [7, 11) is 0. The lowest BCUT2D eigenvalue weighted by atomic mass is 10.1. The highest BCUT2D eigenvalue weighted by Gasteiger charge is 2.20. The summed E-state index contributed by atoms with van der Waals surface area (Å²) in [4.78, 5) is 0. The first-order chi connectivity index (χ1) is 5.64. The van der Waals surface area contributed by atoms with Crippen LogP contribution in [0.15, 0.2) is 0 Å². The fourth-order valence-electron chi connectivity index (χ4n) is 1.62. The van der Waals surface area contributed by atoms with Gasteiger partial charge in [-0.25, -0.2) is 0 Å². The van der Waals surface area contributed by atoms with Crippen molar-refractivity contribution < 1.29 is 0 Å². The van der Waals surface area contributed by atoms with Crippen molar-refractivity contribution in [2.45, 2.75) is 57.6 Å². The third kappa shape index (κ3) is 3.38. The van der Waals surface area contributed by atoms with Gasteiger partial charge in [-0.3, -0.25) is 0 Å². The summed E-state index contributed by atoms with van der Waals surface area (Å²) in [6, 6.07) is 0. The highest BCUT2D eigenvalue weighted by molar-refractivity contribution is 8.00. The van der Waals surface area contributed by atoms with E-state index in [2.05, 4.69) is 32.5 Å². The Hall–Kier alpha value is 0.350. The van der Waals surface area contributed by atoms with E-state index in [1.54, 1.807) is 0 Å². The minimum atomic E-state index is 0.516. The zero-order chi connectivity index (χ0) is 9.03. The molecule has 1 fully saturated rings. The van der Waals surface area contributed by atoms with Crippen molar-refractivity contribution >= 4 is 11.8 Å². The molecule has 72 valence electrons. The van der Waals surface area contributed by atoms with Crippen LogP contribution in [0.4, 0.5) is 0 Å². The molecule has 12 heavy (non-hydrogen) atoms. The lowest BCUT2D eigenvalue weighted by molar-refractivity contribution is 0.612. The summed E-state index contributed by atoms with van der Waals surface area (Å²) < 4.78 is 0.516. The van der Waals surface area contributed by atoms with Gasteiger partial charge in [0.05, 0.1) is 0 Å². The van der Waals surface area contributed by atoms with Crippen molar-refractivity contribution in [1.82, 2.24) is 0 Å². The second-order valence-corrected chi connectivity index (χ2v) is 6.30. The average Bonchev–Trinajstić information content (AvgIpc) is 2.53. The Morgan fingerprint density at radius 3 is 2.33 bits per heavy atom. The van der Waals surface area contributed by atoms with Crippen LogP contribution in [0.25, 0.3) is 0 Å². The first-order valence-electron chi connectivity index (χ1n) is 5.28. The molecule has 0 amide bonds. The Bertz CT molecular complexity index is 123. The maximum Gasteiger partial charge on any atom is 0.0101 e. The molecule has 0 N–H and O–H groups in total. The van der Waals surface area contributed by atoms with Crippen LogP contribution in [-0.4, -0.2) is 10.5 Å². The van der Waals surface area contributed by atoms with E-state index in [1.807, 2.05) is 0 Å². The van der Waals surface area contributed by atoms with E-state index in [-0.39, 0.29) is 0 Å². The fraction of sp³-hybridized carbons (Fsp3) is 1.00. The second-order valence-electron chi connectivity index (χ2n) is 4.57. The Morgan fingerprint density at radius 1 is 1.25 bits per heavy atom. The van der Waals surface area contributed by atoms with Crippen LogP contribution >= 0.6 is 11.8 Å². The Morgan fingerprint density at radius 2 is 1.83 bits per heavy atom. The van der Waals surface area contributed by atoms with Crippen molar-refractivity contribution in [2.24, 2.45) is 5.92 Å². The van der Waals surface area contributed by atoms with Crippen LogP contribution in [0, 0.1) is 5.92 Å². The summed E-state index contributed by atoms with van der Waals surface area (Å²) in [6.07, 6.45) is 7.25. The van der Waals surface area contributed by atoms with Crippen LogP contribution in [0.2, 0.25) is 0 Å². The van der Waals surface area contributed by atoms with E-state index in [0.717, 1.165) is 5.92 Å². The van der Waals surface area contributed by atoms with Gasteiger partial charge in [0.15, 0.2) is 0 Å². The lowest BCUT2D eigenvalue weighted by Crippen LogP contribution is -2.15. The zero-order valence-corrected chi connectivity index (χ0v) is 9.54. The van der Waals surface area contributed by atoms with Crippen LogP contribution in [0.1, 0.15) is 52.9 Å². The zero-order valence-electron chi connectivity index (χ0n) is 8.73. The SMILES string of the molecule is CCC(C)(C)SCC1CCCC1. The van der Waals surface area contributed by atoms with Crippen molar-refractivity contribution in [3.8, 4) is 0 Å². The van der Waals surface area contributed by atoms with Gasteiger partial charge in [0, 0.05) is 4.75 Å². The Balaban J connectivity index is 2.15.